The van der Waals surface area contributed by atoms with Crippen molar-refractivity contribution >= 4 is 17.3 Å². The number of hydrogen-bond donors (Lipinski definition) is 1. The van der Waals surface area contributed by atoms with E-state index in [2.05, 4.69) is 77.2 Å². The molecule has 2 aliphatic rings. The van der Waals surface area contributed by atoms with Gasteiger partial charge >= 0.3 is 0 Å². The van der Waals surface area contributed by atoms with Gasteiger partial charge in [-0.3, -0.25) is 4.98 Å². The van der Waals surface area contributed by atoms with E-state index in [0.717, 1.165) is 17.4 Å². The highest BCUT2D eigenvalue weighted by atomic mass is 32.1. The van der Waals surface area contributed by atoms with Crippen LogP contribution in [0.5, 0.6) is 0 Å². The zero-order valence-corrected chi connectivity index (χ0v) is 19.8. The maximum Gasteiger partial charge on any atom is 0.170 e. The normalized spacial score (nSPS) is 21.7. The van der Waals surface area contributed by atoms with Crippen LogP contribution in [0.4, 0.5) is 0 Å². The lowest BCUT2D eigenvalue weighted by Gasteiger charge is -2.30. The number of nitrogens with zero attached hydrogens (tertiary/aromatic N) is 3. The van der Waals surface area contributed by atoms with Crippen LogP contribution >= 0.6 is 12.2 Å². The summed E-state index contributed by atoms with van der Waals surface area (Å²) in [5.41, 5.74) is 6.42. The standard InChI is InChI=1S/C27H32N4S/c1-19-17-23(20(2)31(19)22-13-7-4-8-14-22)26-25(24-15-9-10-16-28-24)29-27(32)30(26)18-21-11-5-3-6-12-21/h3,5-6,9-12,15-17,22,25-26H,4,7-8,13-14,18H2,1-2H3,(H,29,32). The van der Waals surface area contributed by atoms with Gasteiger partial charge in [0.15, 0.2) is 5.11 Å². The van der Waals surface area contributed by atoms with E-state index < -0.39 is 0 Å². The molecule has 1 saturated heterocycles. The molecule has 166 valence electrons. The first-order valence-electron chi connectivity index (χ1n) is 11.8. The molecule has 0 radical (unpaired) electrons. The predicted octanol–water partition coefficient (Wildman–Crippen LogP) is 6.18. The summed E-state index contributed by atoms with van der Waals surface area (Å²) >= 11 is 5.88. The van der Waals surface area contributed by atoms with Gasteiger partial charge in [-0.05, 0) is 68.2 Å². The van der Waals surface area contributed by atoms with Gasteiger partial charge < -0.3 is 14.8 Å². The smallest absolute Gasteiger partial charge is 0.170 e. The predicted molar refractivity (Wildman–Crippen MR) is 133 cm³/mol. The van der Waals surface area contributed by atoms with Crippen molar-refractivity contribution in [2.45, 2.75) is 70.6 Å². The molecule has 1 N–H and O–H groups in total. The minimum atomic E-state index is 0.0349. The van der Waals surface area contributed by atoms with E-state index in [1.165, 1.54) is 54.6 Å². The maximum atomic E-state index is 5.88. The van der Waals surface area contributed by atoms with Gasteiger partial charge in [0.25, 0.3) is 0 Å². The third-order valence-electron chi connectivity index (χ3n) is 7.18. The van der Waals surface area contributed by atoms with Crippen molar-refractivity contribution in [1.29, 1.82) is 0 Å². The van der Waals surface area contributed by atoms with Crippen LogP contribution in [0.2, 0.25) is 0 Å². The number of aryl methyl sites for hydroxylation is 1. The number of hydrogen-bond acceptors (Lipinski definition) is 2. The molecule has 1 aromatic carbocycles. The molecular formula is C27H32N4S. The number of aromatic nitrogens is 2. The molecule has 2 unspecified atom stereocenters. The molecule has 1 aliphatic carbocycles. The fraction of sp³-hybridized carbons (Fsp3) is 0.407. The lowest BCUT2D eigenvalue weighted by Crippen LogP contribution is -2.29. The first kappa shape index (κ1) is 21.2. The van der Waals surface area contributed by atoms with Crippen molar-refractivity contribution < 1.29 is 0 Å². The van der Waals surface area contributed by atoms with Crippen LogP contribution in [-0.2, 0) is 6.54 Å². The van der Waals surface area contributed by atoms with Gasteiger partial charge in [-0.15, -0.1) is 0 Å². The first-order valence-corrected chi connectivity index (χ1v) is 12.2. The summed E-state index contributed by atoms with van der Waals surface area (Å²) in [6.07, 6.45) is 8.49. The highest BCUT2D eigenvalue weighted by Crippen LogP contribution is 2.43. The van der Waals surface area contributed by atoms with E-state index in [1.807, 2.05) is 12.3 Å². The second-order valence-electron chi connectivity index (χ2n) is 9.23. The van der Waals surface area contributed by atoms with Crippen LogP contribution < -0.4 is 5.32 Å². The van der Waals surface area contributed by atoms with Crippen molar-refractivity contribution in [2.24, 2.45) is 0 Å². The topological polar surface area (TPSA) is 33.1 Å². The van der Waals surface area contributed by atoms with Gasteiger partial charge in [0, 0.05) is 30.2 Å². The molecule has 5 heteroatoms. The Labute approximate surface area is 196 Å². The van der Waals surface area contributed by atoms with E-state index in [-0.39, 0.29) is 12.1 Å². The molecule has 5 rings (SSSR count). The molecule has 3 aromatic rings. The van der Waals surface area contributed by atoms with Crippen LogP contribution in [0, 0.1) is 13.8 Å². The Morgan fingerprint density at radius 2 is 1.75 bits per heavy atom. The van der Waals surface area contributed by atoms with Crippen LogP contribution in [0.3, 0.4) is 0 Å². The summed E-state index contributed by atoms with van der Waals surface area (Å²) in [6.45, 7) is 5.35. The van der Waals surface area contributed by atoms with Crippen LogP contribution in [0.1, 0.15) is 78.4 Å². The molecule has 2 aromatic heterocycles. The zero-order chi connectivity index (χ0) is 22.1. The Hall–Kier alpha value is -2.66. The quantitative estimate of drug-likeness (QED) is 0.477. The summed E-state index contributed by atoms with van der Waals surface area (Å²) in [5.74, 6) is 0. The molecular weight excluding hydrogens is 412 g/mol. The molecule has 1 saturated carbocycles. The molecule has 4 nitrogen and oxygen atoms in total. The van der Waals surface area contributed by atoms with Gasteiger partial charge in [-0.2, -0.15) is 0 Å². The first-order chi connectivity index (χ1) is 15.6. The summed E-state index contributed by atoms with van der Waals surface area (Å²) in [4.78, 5) is 7.06. The Morgan fingerprint density at radius 1 is 1.00 bits per heavy atom. The van der Waals surface area contributed by atoms with Gasteiger partial charge in [0.2, 0.25) is 0 Å². The monoisotopic (exact) mass is 444 g/mol. The summed E-state index contributed by atoms with van der Waals surface area (Å²) < 4.78 is 2.60. The summed E-state index contributed by atoms with van der Waals surface area (Å²) in [5, 5.41) is 4.41. The van der Waals surface area contributed by atoms with E-state index in [0.29, 0.717) is 6.04 Å². The Bertz CT molecular complexity index is 1070. The molecule has 2 atom stereocenters. The number of thiocarbonyl (C=S) groups is 1. The van der Waals surface area contributed by atoms with Crippen molar-refractivity contribution in [1.82, 2.24) is 19.8 Å². The Balaban J connectivity index is 1.57. The van der Waals surface area contributed by atoms with Crippen LogP contribution in [0.25, 0.3) is 0 Å². The lowest BCUT2D eigenvalue weighted by molar-refractivity contribution is 0.306. The summed E-state index contributed by atoms with van der Waals surface area (Å²) in [7, 11) is 0. The molecule has 2 fully saturated rings. The Kier molecular flexibility index (Phi) is 6.01. The second kappa shape index (κ2) is 9.07. The number of rotatable bonds is 5. The lowest BCUT2D eigenvalue weighted by atomic mass is 9.94. The van der Waals surface area contributed by atoms with E-state index >= 15 is 0 Å². The van der Waals surface area contributed by atoms with E-state index in [1.54, 1.807) is 0 Å². The average molecular weight is 445 g/mol. The average Bonchev–Trinajstić information content (AvgIpc) is 3.30. The number of pyridine rings is 1. The van der Waals surface area contributed by atoms with Crippen molar-refractivity contribution in [3.05, 3.63) is 89.0 Å². The minimum absolute atomic E-state index is 0.0349. The SMILES string of the molecule is Cc1cc(C2C(c3ccccn3)NC(=S)N2Cc2ccccc2)c(C)n1C1CCCCC1. The van der Waals surface area contributed by atoms with Crippen molar-refractivity contribution in [2.75, 3.05) is 0 Å². The van der Waals surface area contributed by atoms with Gasteiger partial charge in [0.05, 0.1) is 17.8 Å². The molecule has 0 spiro atoms. The second-order valence-corrected chi connectivity index (χ2v) is 9.62. The molecule has 1 aliphatic heterocycles. The third kappa shape index (κ3) is 3.95. The minimum Gasteiger partial charge on any atom is -0.352 e. The van der Waals surface area contributed by atoms with Gasteiger partial charge in [-0.25, -0.2) is 0 Å². The van der Waals surface area contributed by atoms with Crippen LogP contribution in [-0.4, -0.2) is 19.6 Å². The highest BCUT2D eigenvalue weighted by molar-refractivity contribution is 7.80. The van der Waals surface area contributed by atoms with Crippen molar-refractivity contribution in [3.63, 3.8) is 0 Å². The molecule has 32 heavy (non-hydrogen) atoms. The van der Waals surface area contributed by atoms with Crippen LogP contribution in [0.15, 0.2) is 60.8 Å². The van der Waals surface area contributed by atoms with E-state index in [9.17, 15) is 0 Å². The number of nitrogens with one attached hydrogen (secondary N) is 1. The highest BCUT2D eigenvalue weighted by Gasteiger charge is 2.41. The van der Waals surface area contributed by atoms with Gasteiger partial charge in [-0.1, -0.05) is 55.7 Å². The molecule has 0 amide bonds. The fourth-order valence-electron chi connectivity index (χ4n) is 5.70. The Morgan fingerprint density at radius 3 is 2.47 bits per heavy atom. The molecule has 0 bridgehead atoms. The molecule has 3 heterocycles. The van der Waals surface area contributed by atoms with E-state index in [4.69, 9.17) is 17.2 Å². The fourth-order valence-corrected chi connectivity index (χ4v) is 6.00. The summed E-state index contributed by atoms with van der Waals surface area (Å²) in [6, 6.07) is 19.9. The maximum absolute atomic E-state index is 5.88. The zero-order valence-electron chi connectivity index (χ0n) is 19.0. The largest absolute Gasteiger partial charge is 0.352 e. The van der Waals surface area contributed by atoms with Gasteiger partial charge in [0.1, 0.15) is 0 Å². The third-order valence-corrected chi connectivity index (χ3v) is 7.53. The van der Waals surface area contributed by atoms with Crippen molar-refractivity contribution in [3.8, 4) is 0 Å². The number of benzene rings is 1.